The molecule has 1 atom stereocenters. The zero-order valence-corrected chi connectivity index (χ0v) is 14.4. The average molecular weight is 336 g/mol. The Bertz CT molecular complexity index is 894. The number of hydrogen-bond donors (Lipinski definition) is 1. The van der Waals surface area contributed by atoms with E-state index in [1.54, 1.807) is 12.1 Å². The monoisotopic (exact) mass is 336 g/mol. The van der Waals surface area contributed by atoms with Gasteiger partial charge in [0.05, 0.1) is 6.04 Å². The first kappa shape index (κ1) is 17.1. The molecule has 0 aliphatic carbocycles. The average Bonchev–Trinajstić information content (AvgIpc) is 2.61. The number of carbonyl (C=O) groups is 1. The summed E-state index contributed by atoms with van der Waals surface area (Å²) in [6.45, 7) is 2.50. The van der Waals surface area contributed by atoms with Crippen molar-refractivity contribution in [2.75, 3.05) is 12.4 Å². The molecule has 3 aromatic carbocycles. The Morgan fingerprint density at radius 3 is 2.56 bits per heavy atom. The molecule has 0 bridgehead atoms. The molecule has 3 nitrogen and oxygen atoms in total. The van der Waals surface area contributed by atoms with Gasteiger partial charge in [0.1, 0.15) is 5.82 Å². The van der Waals surface area contributed by atoms with Crippen LogP contribution < -0.4 is 5.32 Å². The second-order valence-corrected chi connectivity index (χ2v) is 6.27. The predicted octanol–water partition coefficient (Wildman–Crippen LogP) is 4.44. The second kappa shape index (κ2) is 7.45. The van der Waals surface area contributed by atoms with Crippen LogP contribution in [0.4, 0.5) is 10.1 Å². The standard InChI is InChI=1S/C21H21FN2O/c1-15(21(25)23-20-9-5-8-19(22)13-20)24(2)14-16-10-11-17-6-3-4-7-18(17)12-16/h3-13,15H,14H2,1-2H3,(H,23,25)/t15-/m0/s1. The van der Waals surface area contributed by atoms with Crippen molar-refractivity contribution in [3.8, 4) is 0 Å². The van der Waals surface area contributed by atoms with E-state index < -0.39 is 0 Å². The Balaban J connectivity index is 1.66. The highest BCUT2D eigenvalue weighted by Crippen LogP contribution is 2.17. The molecule has 128 valence electrons. The van der Waals surface area contributed by atoms with Gasteiger partial charge in [0.15, 0.2) is 0 Å². The summed E-state index contributed by atoms with van der Waals surface area (Å²) in [5, 5.41) is 5.14. The topological polar surface area (TPSA) is 32.3 Å². The molecule has 0 aromatic heterocycles. The van der Waals surface area contributed by atoms with E-state index in [2.05, 4.69) is 35.6 Å². The highest BCUT2D eigenvalue weighted by atomic mass is 19.1. The SMILES string of the molecule is C[C@@H](C(=O)Nc1cccc(F)c1)N(C)Cc1ccc2ccccc2c1. The summed E-state index contributed by atoms with van der Waals surface area (Å²) in [4.78, 5) is 14.4. The molecule has 0 unspecified atom stereocenters. The molecule has 0 spiro atoms. The van der Waals surface area contributed by atoms with Crippen molar-refractivity contribution < 1.29 is 9.18 Å². The highest BCUT2D eigenvalue weighted by molar-refractivity contribution is 5.94. The quantitative estimate of drug-likeness (QED) is 0.747. The molecule has 4 heteroatoms. The third-order valence-electron chi connectivity index (χ3n) is 4.38. The summed E-state index contributed by atoms with van der Waals surface area (Å²) in [5.41, 5.74) is 1.61. The van der Waals surface area contributed by atoms with Crippen molar-refractivity contribution in [1.29, 1.82) is 0 Å². The lowest BCUT2D eigenvalue weighted by molar-refractivity contribution is -0.120. The molecule has 0 saturated carbocycles. The highest BCUT2D eigenvalue weighted by Gasteiger charge is 2.18. The van der Waals surface area contributed by atoms with Gasteiger partial charge < -0.3 is 5.32 Å². The maximum Gasteiger partial charge on any atom is 0.241 e. The molecule has 3 rings (SSSR count). The Kier molecular flexibility index (Phi) is 5.10. The summed E-state index contributed by atoms with van der Waals surface area (Å²) in [6, 6.07) is 20.1. The number of fused-ring (bicyclic) bond motifs is 1. The first-order valence-corrected chi connectivity index (χ1v) is 8.27. The fraction of sp³-hybridized carbons (Fsp3) is 0.190. The lowest BCUT2D eigenvalue weighted by Crippen LogP contribution is -2.39. The summed E-state index contributed by atoms with van der Waals surface area (Å²) >= 11 is 0. The summed E-state index contributed by atoms with van der Waals surface area (Å²) < 4.78 is 13.2. The predicted molar refractivity (Wildman–Crippen MR) is 99.9 cm³/mol. The third-order valence-corrected chi connectivity index (χ3v) is 4.38. The van der Waals surface area contributed by atoms with Crippen molar-refractivity contribution >= 4 is 22.4 Å². The van der Waals surface area contributed by atoms with Crippen molar-refractivity contribution in [1.82, 2.24) is 4.90 Å². The number of benzene rings is 3. The number of nitrogens with zero attached hydrogens (tertiary/aromatic N) is 1. The third kappa shape index (κ3) is 4.22. The molecule has 0 fully saturated rings. The summed E-state index contributed by atoms with van der Waals surface area (Å²) in [5.74, 6) is -0.524. The maximum atomic E-state index is 13.2. The number of halogens is 1. The molecule has 1 N–H and O–H groups in total. The Labute approximate surface area is 147 Å². The first-order chi connectivity index (χ1) is 12.0. The van der Waals surface area contributed by atoms with Gasteiger partial charge in [-0.2, -0.15) is 0 Å². The minimum Gasteiger partial charge on any atom is -0.325 e. The lowest BCUT2D eigenvalue weighted by Gasteiger charge is -2.24. The van der Waals surface area contributed by atoms with Crippen LogP contribution in [-0.4, -0.2) is 23.9 Å². The van der Waals surface area contributed by atoms with Gasteiger partial charge >= 0.3 is 0 Å². The van der Waals surface area contributed by atoms with E-state index in [0.717, 1.165) is 5.56 Å². The van der Waals surface area contributed by atoms with Crippen molar-refractivity contribution in [2.45, 2.75) is 19.5 Å². The van der Waals surface area contributed by atoms with Gasteiger partial charge in [-0.1, -0.05) is 42.5 Å². The Morgan fingerprint density at radius 1 is 1.04 bits per heavy atom. The van der Waals surface area contributed by atoms with Crippen molar-refractivity contribution in [3.63, 3.8) is 0 Å². The fourth-order valence-corrected chi connectivity index (χ4v) is 2.78. The van der Waals surface area contributed by atoms with Gasteiger partial charge in [-0.15, -0.1) is 0 Å². The molecular weight excluding hydrogens is 315 g/mol. The van der Waals surface area contributed by atoms with Crippen molar-refractivity contribution in [2.24, 2.45) is 0 Å². The van der Waals surface area contributed by atoms with E-state index in [1.165, 1.54) is 22.9 Å². The van der Waals surface area contributed by atoms with Gasteiger partial charge in [-0.25, -0.2) is 4.39 Å². The van der Waals surface area contributed by atoms with E-state index >= 15 is 0 Å². The van der Waals surface area contributed by atoms with Crippen LogP contribution in [0.2, 0.25) is 0 Å². The summed E-state index contributed by atoms with van der Waals surface area (Å²) in [6.07, 6.45) is 0. The number of carbonyl (C=O) groups excluding carboxylic acids is 1. The minimum absolute atomic E-state index is 0.158. The van der Waals surface area contributed by atoms with Crippen LogP contribution >= 0.6 is 0 Å². The van der Waals surface area contributed by atoms with Gasteiger partial charge in [-0.05, 0) is 54.6 Å². The number of rotatable bonds is 5. The molecule has 0 heterocycles. The van der Waals surface area contributed by atoms with Crippen LogP contribution in [0.5, 0.6) is 0 Å². The summed E-state index contributed by atoms with van der Waals surface area (Å²) in [7, 11) is 1.91. The zero-order valence-electron chi connectivity index (χ0n) is 14.4. The van der Waals surface area contributed by atoms with E-state index in [1.807, 2.05) is 31.0 Å². The molecule has 0 aliphatic heterocycles. The molecule has 1 amide bonds. The normalized spacial score (nSPS) is 12.3. The smallest absolute Gasteiger partial charge is 0.241 e. The zero-order chi connectivity index (χ0) is 17.8. The van der Waals surface area contributed by atoms with E-state index in [-0.39, 0.29) is 17.8 Å². The van der Waals surface area contributed by atoms with E-state index in [4.69, 9.17) is 0 Å². The van der Waals surface area contributed by atoms with Crippen LogP contribution in [-0.2, 0) is 11.3 Å². The molecule has 0 saturated heterocycles. The number of likely N-dealkylation sites (N-methyl/N-ethyl adjacent to an activating group) is 1. The molecular formula is C21H21FN2O. The van der Waals surface area contributed by atoms with Crippen LogP contribution in [0, 0.1) is 5.82 Å². The fourth-order valence-electron chi connectivity index (χ4n) is 2.78. The van der Waals surface area contributed by atoms with Gasteiger partial charge in [0.25, 0.3) is 0 Å². The van der Waals surface area contributed by atoms with E-state index in [9.17, 15) is 9.18 Å². The van der Waals surface area contributed by atoms with Crippen LogP contribution in [0.25, 0.3) is 10.8 Å². The number of nitrogens with one attached hydrogen (secondary N) is 1. The van der Waals surface area contributed by atoms with Crippen molar-refractivity contribution in [3.05, 3.63) is 78.1 Å². The molecule has 0 aliphatic rings. The maximum absolute atomic E-state index is 13.2. The van der Waals surface area contributed by atoms with Crippen LogP contribution in [0.15, 0.2) is 66.7 Å². The van der Waals surface area contributed by atoms with Crippen LogP contribution in [0.1, 0.15) is 12.5 Å². The molecule has 3 aromatic rings. The Hall–Kier alpha value is -2.72. The van der Waals surface area contributed by atoms with Crippen LogP contribution in [0.3, 0.4) is 0 Å². The first-order valence-electron chi connectivity index (χ1n) is 8.27. The van der Waals surface area contributed by atoms with Gasteiger partial charge in [0.2, 0.25) is 5.91 Å². The molecule has 25 heavy (non-hydrogen) atoms. The Morgan fingerprint density at radius 2 is 1.80 bits per heavy atom. The lowest BCUT2D eigenvalue weighted by atomic mass is 10.1. The second-order valence-electron chi connectivity index (χ2n) is 6.27. The number of hydrogen-bond acceptors (Lipinski definition) is 2. The number of amides is 1. The number of anilines is 1. The van der Waals surface area contributed by atoms with Gasteiger partial charge in [0, 0.05) is 12.2 Å². The van der Waals surface area contributed by atoms with Gasteiger partial charge in [-0.3, -0.25) is 9.69 Å². The largest absolute Gasteiger partial charge is 0.325 e. The van der Waals surface area contributed by atoms with E-state index in [0.29, 0.717) is 12.2 Å². The molecule has 0 radical (unpaired) electrons. The minimum atomic E-state index is -0.366.